The number of cyclic esters (lactones) is 1. The molecule has 0 fully saturated rings. The average molecular weight is 546 g/mol. The molecule has 1 N–H and O–H groups in total. The highest BCUT2D eigenvalue weighted by Crippen LogP contribution is 2.42. The summed E-state index contributed by atoms with van der Waals surface area (Å²) in [5.41, 5.74) is 3.70. The molecule has 1 aliphatic rings. The van der Waals surface area contributed by atoms with Crippen molar-refractivity contribution in [2.24, 2.45) is 0 Å². The lowest BCUT2D eigenvalue weighted by Gasteiger charge is -2.21. The second-order valence-corrected chi connectivity index (χ2v) is 9.23. The van der Waals surface area contributed by atoms with Gasteiger partial charge in [0.05, 0.1) is 26.9 Å². The summed E-state index contributed by atoms with van der Waals surface area (Å²) in [5.74, 6) is -0.302. The number of nitrogens with zero attached hydrogens (tertiary/aromatic N) is 1. The Balaban J connectivity index is 1.66. The molecule has 38 heavy (non-hydrogen) atoms. The van der Waals surface area contributed by atoms with Crippen LogP contribution in [0.15, 0.2) is 35.9 Å². The normalized spacial score (nSPS) is 13.8. The summed E-state index contributed by atoms with van der Waals surface area (Å²) in [6, 6.07) is 6.18. The average Bonchev–Trinajstić information content (AvgIpc) is 3.30. The predicted octanol–water partition coefficient (Wildman–Crippen LogP) is 4.84. The van der Waals surface area contributed by atoms with E-state index in [1.54, 1.807) is 25.1 Å². The van der Waals surface area contributed by atoms with Gasteiger partial charge in [-0.2, -0.15) is 0 Å². The van der Waals surface area contributed by atoms with Crippen molar-refractivity contribution in [2.45, 2.75) is 53.4 Å². The zero-order valence-corrected chi connectivity index (χ0v) is 23.0. The molecular weight excluding hydrogens is 513 g/mol. The molecule has 1 atom stereocenters. The van der Waals surface area contributed by atoms with Gasteiger partial charge in [-0.15, -0.1) is 0 Å². The van der Waals surface area contributed by atoms with E-state index in [0.29, 0.717) is 34.6 Å². The van der Waals surface area contributed by atoms with E-state index >= 15 is 0 Å². The van der Waals surface area contributed by atoms with Crippen LogP contribution in [0.2, 0.25) is 0 Å². The minimum atomic E-state index is -0.883. The molecule has 1 heterocycles. The third-order valence-corrected chi connectivity index (χ3v) is 6.68. The number of benzene rings is 2. The molecule has 2 aromatic rings. The first-order valence-corrected chi connectivity index (χ1v) is 12.9. The Hall–Kier alpha value is -3.46. The number of allylic oxidation sites excluding steroid dienone is 1. The first-order chi connectivity index (χ1) is 18.2. The number of ether oxygens (including phenoxy) is 4. The lowest BCUT2D eigenvalue weighted by molar-refractivity contribution is -0.153. The summed E-state index contributed by atoms with van der Waals surface area (Å²) in [4.78, 5) is 30.8. The molecule has 1 unspecified atom stereocenters. The Labute approximate surface area is 223 Å². The van der Waals surface area contributed by atoms with Gasteiger partial charge in [-0.1, -0.05) is 29.8 Å². The Kier molecular flexibility index (Phi) is 10.2. The number of carbonyl (C=O) groups excluding carboxylic acids is 2. The summed E-state index contributed by atoms with van der Waals surface area (Å²) in [5, 5.41) is 10.8. The number of para-hydroxylation sites is 1. The molecule has 0 amide bonds. The van der Waals surface area contributed by atoms with Crippen molar-refractivity contribution < 1.29 is 43.0 Å². The van der Waals surface area contributed by atoms with Gasteiger partial charge in [-0.05, 0) is 50.6 Å². The number of rotatable bonds is 13. The number of carbonyl (C=O) groups is 2. The van der Waals surface area contributed by atoms with Crippen molar-refractivity contribution >= 4 is 20.5 Å². The van der Waals surface area contributed by atoms with Crippen LogP contribution >= 0.6 is 8.61 Å². The summed E-state index contributed by atoms with van der Waals surface area (Å²) < 4.78 is 33.1. The maximum absolute atomic E-state index is 12.1. The van der Waals surface area contributed by atoms with Crippen molar-refractivity contribution in [3.05, 3.63) is 63.7 Å². The van der Waals surface area contributed by atoms with Crippen LogP contribution in [0.25, 0.3) is 0 Å². The number of methoxy groups -OCH3 is 1. The summed E-state index contributed by atoms with van der Waals surface area (Å²) >= 11 is 0. The lowest BCUT2D eigenvalue weighted by Crippen LogP contribution is -2.36. The molecule has 0 bridgehead atoms. The molecular formula is C27H32NO9P. The quantitative estimate of drug-likeness (QED) is 0.162. The zero-order valence-electron chi connectivity index (χ0n) is 22.1. The third kappa shape index (κ3) is 6.51. The molecule has 10 nitrogen and oxygen atoms in total. The van der Waals surface area contributed by atoms with Gasteiger partial charge in [0, 0.05) is 16.7 Å². The van der Waals surface area contributed by atoms with Crippen LogP contribution < -0.4 is 9.57 Å². The van der Waals surface area contributed by atoms with Crippen LogP contribution in [0.3, 0.4) is 0 Å². The molecule has 0 spiro atoms. The SMILES string of the molecule is CCOC(=O)C(C)N(Oc1ccccc1COCC(C)=CCc1c(O)c2c(c(C)c1OC)COC2=O)P=O. The van der Waals surface area contributed by atoms with Crippen molar-refractivity contribution in [2.75, 3.05) is 20.3 Å². The Morgan fingerprint density at radius 1 is 1.32 bits per heavy atom. The number of phenols is 1. The van der Waals surface area contributed by atoms with Crippen molar-refractivity contribution in [3.8, 4) is 17.2 Å². The van der Waals surface area contributed by atoms with E-state index in [2.05, 4.69) is 0 Å². The van der Waals surface area contributed by atoms with E-state index in [1.807, 2.05) is 26.0 Å². The first-order valence-electron chi connectivity index (χ1n) is 12.1. The van der Waals surface area contributed by atoms with Gasteiger partial charge in [0.2, 0.25) is 0 Å². The fraction of sp³-hybridized carbons (Fsp3) is 0.407. The molecule has 204 valence electrons. The smallest absolute Gasteiger partial charge is 0.342 e. The highest BCUT2D eigenvalue weighted by atomic mass is 31.1. The number of hydrogen-bond donors (Lipinski definition) is 1. The lowest BCUT2D eigenvalue weighted by atomic mass is 9.95. The number of hydrogen-bond acceptors (Lipinski definition) is 9. The largest absolute Gasteiger partial charge is 0.507 e. The number of esters is 2. The van der Waals surface area contributed by atoms with Crippen LogP contribution in [0.4, 0.5) is 0 Å². The van der Waals surface area contributed by atoms with Crippen molar-refractivity contribution in [1.82, 2.24) is 4.83 Å². The van der Waals surface area contributed by atoms with Gasteiger partial charge < -0.3 is 28.9 Å². The van der Waals surface area contributed by atoms with Gasteiger partial charge in [0.15, 0.2) is 11.8 Å². The number of aromatic hydroxyl groups is 1. The molecule has 0 aliphatic carbocycles. The molecule has 11 heteroatoms. The predicted molar refractivity (Wildman–Crippen MR) is 138 cm³/mol. The molecule has 0 aromatic heterocycles. The van der Waals surface area contributed by atoms with Gasteiger partial charge in [0.25, 0.3) is 8.61 Å². The second-order valence-electron chi connectivity index (χ2n) is 8.67. The van der Waals surface area contributed by atoms with E-state index < -0.39 is 26.6 Å². The Morgan fingerprint density at radius 2 is 2.05 bits per heavy atom. The van der Waals surface area contributed by atoms with E-state index in [0.717, 1.165) is 16.0 Å². The third-order valence-electron chi connectivity index (χ3n) is 6.09. The molecule has 0 saturated heterocycles. The van der Waals surface area contributed by atoms with Gasteiger partial charge >= 0.3 is 11.9 Å². The number of fused-ring (bicyclic) bond motifs is 1. The minimum absolute atomic E-state index is 0.117. The van der Waals surface area contributed by atoms with E-state index in [1.165, 1.54) is 14.0 Å². The van der Waals surface area contributed by atoms with Crippen LogP contribution in [-0.2, 0) is 43.2 Å². The zero-order chi connectivity index (χ0) is 27.8. The van der Waals surface area contributed by atoms with Gasteiger partial charge in [-0.3, -0.25) is 9.36 Å². The number of hydroxylamine groups is 1. The van der Waals surface area contributed by atoms with Crippen LogP contribution in [0.1, 0.15) is 53.4 Å². The molecule has 0 saturated carbocycles. The monoisotopic (exact) mass is 545 g/mol. The summed E-state index contributed by atoms with van der Waals surface area (Å²) in [6.07, 6.45) is 2.22. The maximum atomic E-state index is 12.1. The van der Waals surface area contributed by atoms with Crippen LogP contribution in [0, 0.1) is 6.92 Å². The highest BCUT2D eigenvalue weighted by Gasteiger charge is 2.32. The fourth-order valence-corrected chi connectivity index (χ4v) is 4.37. The topological polar surface area (TPSA) is 121 Å². The maximum Gasteiger partial charge on any atom is 0.342 e. The van der Waals surface area contributed by atoms with Crippen LogP contribution in [0.5, 0.6) is 17.2 Å². The standard InChI is InChI=1S/C27H32NO9P/c1-6-35-26(30)18(4)28(38-32)37-22-10-8-7-9-19(22)14-34-13-16(2)11-12-20-24(29)23-21(15-36-27(23)31)17(3)25(20)33-5/h7-11,18,29H,6,12-15H2,1-5H3. The van der Waals surface area contributed by atoms with Gasteiger partial charge in [-0.25, -0.2) is 4.79 Å². The summed E-state index contributed by atoms with van der Waals surface area (Å²) in [6.45, 7) is 7.75. The van der Waals surface area contributed by atoms with Crippen molar-refractivity contribution in [3.63, 3.8) is 0 Å². The van der Waals surface area contributed by atoms with Gasteiger partial charge in [0.1, 0.15) is 23.7 Å². The van der Waals surface area contributed by atoms with Crippen molar-refractivity contribution in [1.29, 1.82) is 0 Å². The van der Waals surface area contributed by atoms with E-state index in [4.69, 9.17) is 23.8 Å². The fourth-order valence-electron chi connectivity index (χ4n) is 4.02. The minimum Gasteiger partial charge on any atom is -0.507 e. The molecule has 3 rings (SSSR count). The second kappa shape index (κ2) is 13.4. The highest BCUT2D eigenvalue weighted by molar-refractivity contribution is 7.20. The Bertz CT molecular complexity index is 1230. The Morgan fingerprint density at radius 3 is 2.74 bits per heavy atom. The number of phenolic OH excluding ortho intramolecular Hbond substituents is 1. The summed E-state index contributed by atoms with van der Waals surface area (Å²) in [7, 11) is 1.03. The first kappa shape index (κ1) is 29.1. The molecule has 0 radical (unpaired) electrons. The van der Waals surface area contributed by atoms with E-state index in [9.17, 15) is 19.3 Å². The van der Waals surface area contributed by atoms with Crippen LogP contribution in [-0.4, -0.2) is 48.2 Å². The molecule has 1 aliphatic heterocycles. The van der Waals surface area contributed by atoms with E-state index in [-0.39, 0.29) is 37.7 Å². The molecule has 2 aromatic carbocycles.